The minimum absolute atomic E-state index is 0.115. The number of hydrogen-bond acceptors (Lipinski definition) is 6. The smallest absolute Gasteiger partial charge is 0.244 e. The van der Waals surface area contributed by atoms with E-state index in [1.807, 2.05) is 43.5 Å². The van der Waals surface area contributed by atoms with Crippen LogP contribution in [0.2, 0.25) is 0 Å². The molecule has 0 fully saturated rings. The van der Waals surface area contributed by atoms with Crippen molar-refractivity contribution in [3.63, 3.8) is 0 Å². The van der Waals surface area contributed by atoms with Crippen molar-refractivity contribution < 1.29 is 19.1 Å². The molecule has 0 radical (unpaired) electrons. The number of hydrogen-bond donors (Lipinski definition) is 1. The molecule has 2 aliphatic heterocycles. The Morgan fingerprint density at radius 2 is 1.94 bits per heavy atom. The highest BCUT2D eigenvalue weighted by atomic mass is 32.1. The summed E-state index contributed by atoms with van der Waals surface area (Å²) in [6.45, 7) is 4.05. The Morgan fingerprint density at radius 1 is 1.12 bits per heavy atom. The molecular formula is C24H21N3O4S. The number of amides is 2. The van der Waals surface area contributed by atoms with E-state index in [4.69, 9.17) is 14.5 Å². The zero-order valence-corrected chi connectivity index (χ0v) is 18.5. The van der Waals surface area contributed by atoms with Crippen LogP contribution in [0, 0.1) is 13.8 Å². The molecule has 32 heavy (non-hydrogen) atoms. The average molecular weight is 448 g/mol. The summed E-state index contributed by atoms with van der Waals surface area (Å²) in [7, 11) is 0. The van der Waals surface area contributed by atoms with Crippen molar-refractivity contribution in [3.8, 4) is 11.5 Å². The summed E-state index contributed by atoms with van der Waals surface area (Å²) in [5.74, 6) is 0.753. The molecule has 1 aromatic heterocycles. The molecule has 5 rings (SSSR count). The van der Waals surface area contributed by atoms with E-state index in [1.54, 1.807) is 29.5 Å². The number of nitrogens with zero attached hydrogens (tertiary/aromatic N) is 2. The maximum absolute atomic E-state index is 13.3. The maximum atomic E-state index is 13.3. The number of fused-ring (bicyclic) bond motifs is 2. The Morgan fingerprint density at radius 3 is 2.75 bits per heavy atom. The molecule has 0 unspecified atom stereocenters. The van der Waals surface area contributed by atoms with Crippen LogP contribution in [0.25, 0.3) is 0 Å². The fraction of sp³-hybridized carbons (Fsp3) is 0.208. The molecule has 1 N–H and O–H groups in total. The van der Waals surface area contributed by atoms with Gasteiger partial charge in [0.15, 0.2) is 11.5 Å². The van der Waals surface area contributed by atoms with Crippen LogP contribution < -0.4 is 19.7 Å². The third-order valence-corrected chi connectivity index (χ3v) is 6.44. The van der Waals surface area contributed by atoms with Crippen LogP contribution in [-0.2, 0) is 9.59 Å². The Balaban J connectivity index is 1.43. The van der Waals surface area contributed by atoms with Crippen molar-refractivity contribution >= 4 is 45.9 Å². The van der Waals surface area contributed by atoms with Crippen LogP contribution in [0.3, 0.4) is 0 Å². The van der Waals surface area contributed by atoms with E-state index in [0.29, 0.717) is 34.3 Å². The van der Waals surface area contributed by atoms with E-state index in [9.17, 15) is 9.59 Å². The third-order valence-electron chi connectivity index (χ3n) is 5.52. The van der Waals surface area contributed by atoms with Crippen LogP contribution in [0.1, 0.15) is 22.4 Å². The van der Waals surface area contributed by atoms with Gasteiger partial charge in [0, 0.05) is 16.6 Å². The molecule has 0 atom stereocenters. The summed E-state index contributed by atoms with van der Waals surface area (Å²) in [5, 5.41) is 4.82. The molecule has 2 aromatic carbocycles. The van der Waals surface area contributed by atoms with Crippen LogP contribution in [0.5, 0.6) is 11.5 Å². The lowest BCUT2D eigenvalue weighted by Gasteiger charge is -2.23. The first-order chi connectivity index (χ1) is 15.5. The maximum Gasteiger partial charge on any atom is 0.244 e. The number of anilines is 2. The molecule has 0 spiro atoms. The summed E-state index contributed by atoms with van der Waals surface area (Å²) in [5.41, 5.74) is 4.75. The number of nitrogens with one attached hydrogen (secondary N) is 1. The SMILES string of the molecule is Cc1cc2c(cc1C)N(CC(=O)Nc1ccc3c(c1)OCO3)C(=O)CC(c1cccs1)=N2. The molecule has 3 aromatic rings. The molecule has 3 heterocycles. The highest BCUT2D eigenvalue weighted by molar-refractivity contribution is 7.12. The van der Waals surface area contributed by atoms with E-state index < -0.39 is 0 Å². The van der Waals surface area contributed by atoms with Crippen molar-refractivity contribution in [3.05, 3.63) is 63.8 Å². The van der Waals surface area contributed by atoms with E-state index in [-0.39, 0.29) is 31.6 Å². The lowest BCUT2D eigenvalue weighted by Crippen LogP contribution is -2.38. The minimum atomic E-state index is -0.305. The zero-order valence-electron chi connectivity index (χ0n) is 17.7. The second-order valence-electron chi connectivity index (χ2n) is 7.73. The van der Waals surface area contributed by atoms with E-state index in [0.717, 1.165) is 16.0 Å². The lowest BCUT2D eigenvalue weighted by atomic mass is 10.1. The standard InChI is InChI=1S/C24H21N3O4S/c1-14-8-17-19(9-15(14)2)27(24(29)11-18(26-17)22-4-3-7-32-22)12-23(28)25-16-5-6-20-21(10-16)31-13-30-20/h3-10H,11-13H2,1-2H3,(H,25,28). The van der Waals surface area contributed by atoms with Gasteiger partial charge in [-0.1, -0.05) is 6.07 Å². The molecule has 7 nitrogen and oxygen atoms in total. The van der Waals surface area contributed by atoms with E-state index in [1.165, 1.54) is 4.90 Å². The van der Waals surface area contributed by atoms with E-state index in [2.05, 4.69) is 5.32 Å². The molecule has 0 saturated carbocycles. The number of carbonyl (C=O) groups is 2. The third kappa shape index (κ3) is 3.85. The second-order valence-corrected chi connectivity index (χ2v) is 8.68. The minimum Gasteiger partial charge on any atom is -0.454 e. The van der Waals surface area contributed by atoms with Gasteiger partial charge < -0.3 is 19.7 Å². The summed E-state index contributed by atoms with van der Waals surface area (Å²) in [4.78, 5) is 33.4. The normalized spacial score (nSPS) is 14.6. The van der Waals surface area contributed by atoms with Gasteiger partial charge in [0.2, 0.25) is 18.6 Å². The number of thiophene rings is 1. The van der Waals surface area contributed by atoms with Gasteiger partial charge >= 0.3 is 0 Å². The quantitative estimate of drug-likeness (QED) is 0.634. The van der Waals surface area contributed by atoms with Crippen molar-refractivity contribution in [2.75, 3.05) is 23.6 Å². The van der Waals surface area contributed by atoms with Crippen LogP contribution in [0.15, 0.2) is 52.8 Å². The number of benzene rings is 2. The molecule has 0 saturated heterocycles. The van der Waals surface area contributed by atoms with Gasteiger partial charge in [-0.2, -0.15) is 0 Å². The Kier molecular flexibility index (Phi) is 5.14. The highest BCUT2D eigenvalue weighted by Crippen LogP contribution is 2.37. The van der Waals surface area contributed by atoms with Crippen LogP contribution in [0.4, 0.5) is 17.1 Å². The predicted octanol–water partition coefficient (Wildman–Crippen LogP) is 4.59. The molecule has 0 bridgehead atoms. The number of rotatable bonds is 4. The summed E-state index contributed by atoms with van der Waals surface area (Å²) in [6.07, 6.45) is 0.130. The van der Waals surface area contributed by atoms with Gasteiger partial charge in [-0.3, -0.25) is 9.59 Å². The summed E-state index contributed by atoms with van der Waals surface area (Å²) < 4.78 is 10.7. The van der Waals surface area contributed by atoms with Crippen LogP contribution >= 0.6 is 11.3 Å². The Hall–Kier alpha value is -3.65. The van der Waals surface area contributed by atoms with Gasteiger partial charge in [0.1, 0.15) is 6.54 Å². The van der Waals surface area contributed by atoms with Gasteiger partial charge in [-0.15, -0.1) is 11.3 Å². The van der Waals surface area contributed by atoms with Gasteiger partial charge in [-0.05, 0) is 60.7 Å². The lowest BCUT2D eigenvalue weighted by molar-refractivity contribution is -0.120. The van der Waals surface area contributed by atoms with Crippen molar-refractivity contribution in [1.29, 1.82) is 0 Å². The number of aliphatic imine (C=N–C) groups is 1. The summed E-state index contributed by atoms with van der Waals surface area (Å²) in [6, 6.07) is 13.0. The molecule has 162 valence electrons. The Bertz CT molecular complexity index is 1250. The van der Waals surface area contributed by atoms with E-state index >= 15 is 0 Å². The number of carbonyl (C=O) groups excluding carboxylic acids is 2. The van der Waals surface area contributed by atoms with Gasteiger partial charge in [-0.25, -0.2) is 4.99 Å². The largest absolute Gasteiger partial charge is 0.454 e. The molecular weight excluding hydrogens is 426 g/mol. The van der Waals surface area contributed by atoms with Crippen molar-refractivity contribution in [1.82, 2.24) is 0 Å². The second kappa shape index (κ2) is 8.12. The average Bonchev–Trinajstić information content (AvgIpc) is 3.43. The highest BCUT2D eigenvalue weighted by Gasteiger charge is 2.28. The van der Waals surface area contributed by atoms with Gasteiger partial charge in [0.25, 0.3) is 0 Å². The van der Waals surface area contributed by atoms with Crippen molar-refractivity contribution in [2.24, 2.45) is 4.99 Å². The predicted molar refractivity (Wildman–Crippen MR) is 125 cm³/mol. The van der Waals surface area contributed by atoms with Crippen molar-refractivity contribution in [2.45, 2.75) is 20.3 Å². The van der Waals surface area contributed by atoms with Crippen LogP contribution in [-0.4, -0.2) is 30.9 Å². The first-order valence-electron chi connectivity index (χ1n) is 10.2. The first kappa shape index (κ1) is 20.3. The molecule has 0 aliphatic carbocycles. The zero-order chi connectivity index (χ0) is 22.2. The number of aryl methyl sites for hydroxylation is 2. The topological polar surface area (TPSA) is 80.2 Å². The molecule has 2 amide bonds. The molecule has 2 aliphatic rings. The molecule has 8 heteroatoms. The van der Waals surface area contributed by atoms with Gasteiger partial charge in [0.05, 0.1) is 23.5 Å². The summed E-state index contributed by atoms with van der Waals surface area (Å²) >= 11 is 1.55. The first-order valence-corrected chi connectivity index (χ1v) is 11.1. The fourth-order valence-electron chi connectivity index (χ4n) is 3.73. The fourth-order valence-corrected chi connectivity index (χ4v) is 4.44. The number of ether oxygens (including phenoxy) is 2. The Labute approximate surface area is 189 Å². The monoisotopic (exact) mass is 447 g/mol.